The molecule has 0 amide bonds. The third-order valence-electron chi connectivity index (χ3n) is 4.02. The van der Waals surface area contributed by atoms with Crippen molar-refractivity contribution >= 4 is 15.9 Å². The molecule has 0 aliphatic carbocycles. The minimum absolute atomic E-state index is 0.0423. The van der Waals surface area contributed by atoms with Crippen molar-refractivity contribution in [1.82, 2.24) is 4.72 Å². The Labute approximate surface area is 153 Å². The van der Waals surface area contributed by atoms with Crippen molar-refractivity contribution in [2.45, 2.75) is 31.1 Å². The van der Waals surface area contributed by atoms with E-state index in [9.17, 15) is 18.6 Å². The number of rotatable bonds is 7. The van der Waals surface area contributed by atoms with Crippen LogP contribution in [0.3, 0.4) is 0 Å². The maximum absolute atomic E-state index is 12.4. The average Bonchev–Trinajstić information content (AvgIpc) is 2.56. The summed E-state index contributed by atoms with van der Waals surface area (Å²) >= 11 is 0. The van der Waals surface area contributed by atoms with Crippen LogP contribution in [0.25, 0.3) is 0 Å². The lowest BCUT2D eigenvalue weighted by Crippen LogP contribution is -2.26. The maximum Gasteiger partial charge on any atom is 0.244 e. The Morgan fingerprint density at radius 3 is 2.42 bits per heavy atom. The van der Waals surface area contributed by atoms with E-state index in [0.29, 0.717) is 5.56 Å². The predicted molar refractivity (Wildman–Crippen MR) is 100 cm³/mol. The number of aromatic hydroxyl groups is 2. The highest BCUT2D eigenvalue weighted by Gasteiger charge is 2.19. The van der Waals surface area contributed by atoms with Gasteiger partial charge in [-0.15, -0.1) is 0 Å². The number of hydrogen-bond donors (Lipinski definition) is 5. The standard InChI is InChI=1S/C18H23N3O4S/c1-11(2)13-4-3-12(16(23)9-13)7-8-21-26(24,25)17-10-14(18(19)20)5-6-15(17)22/h3-6,9-11,21-23H,7-8H2,1-2H3,(H3,19,20). The van der Waals surface area contributed by atoms with Crippen molar-refractivity contribution in [3.8, 4) is 11.5 Å². The van der Waals surface area contributed by atoms with Crippen LogP contribution in [0.5, 0.6) is 11.5 Å². The van der Waals surface area contributed by atoms with Gasteiger partial charge in [0.05, 0.1) is 0 Å². The number of nitrogens with two attached hydrogens (primary N) is 1. The van der Waals surface area contributed by atoms with E-state index in [-0.39, 0.29) is 40.9 Å². The van der Waals surface area contributed by atoms with Crippen molar-refractivity contribution in [3.05, 3.63) is 53.1 Å². The number of nitrogen functional groups attached to an aromatic ring is 1. The molecule has 26 heavy (non-hydrogen) atoms. The summed E-state index contributed by atoms with van der Waals surface area (Å²) in [6.45, 7) is 4.08. The summed E-state index contributed by atoms with van der Waals surface area (Å²) in [6.07, 6.45) is 0.288. The first-order chi connectivity index (χ1) is 12.1. The van der Waals surface area contributed by atoms with Gasteiger partial charge in [-0.05, 0) is 47.7 Å². The molecule has 0 aliphatic heterocycles. The molecular formula is C18H23N3O4S. The van der Waals surface area contributed by atoms with Gasteiger partial charge in [0.2, 0.25) is 10.0 Å². The number of phenols is 2. The van der Waals surface area contributed by atoms with Crippen molar-refractivity contribution < 1.29 is 18.6 Å². The molecule has 7 nitrogen and oxygen atoms in total. The van der Waals surface area contributed by atoms with Gasteiger partial charge in [0.15, 0.2) is 0 Å². The first-order valence-electron chi connectivity index (χ1n) is 8.10. The molecule has 8 heteroatoms. The molecule has 0 aromatic heterocycles. The van der Waals surface area contributed by atoms with Crippen LogP contribution in [0.15, 0.2) is 41.3 Å². The lowest BCUT2D eigenvalue weighted by molar-refractivity contribution is 0.457. The largest absolute Gasteiger partial charge is 0.508 e. The molecule has 2 rings (SSSR count). The van der Waals surface area contributed by atoms with E-state index in [0.717, 1.165) is 11.6 Å². The van der Waals surface area contributed by atoms with E-state index in [4.69, 9.17) is 11.1 Å². The van der Waals surface area contributed by atoms with Crippen molar-refractivity contribution in [2.24, 2.45) is 5.73 Å². The minimum Gasteiger partial charge on any atom is -0.508 e. The van der Waals surface area contributed by atoms with Crippen LogP contribution >= 0.6 is 0 Å². The number of benzene rings is 2. The van der Waals surface area contributed by atoms with Gasteiger partial charge >= 0.3 is 0 Å². The summed E-state index contributed by atoms with van der Waals surface area (Å²) in [7, 11) is -3.99. The molecule has 0 unspecified atom stereocenters. The molecule has 0 heterocycles. The first-order valence-corrected chi connectivity index (χ1v) is 9.59. The second-order valence-corrected chi connectivity index (χ2v) is 8.02. The van der Waals surface area contributed by atoms with Gasteiger partial charge in [0, 0.05) is 12.1 Å². The summed E-state index contributed by atoms with van der Waals surface area (Å²) in [5, 5.41) is 27.3. The number of sulfonamides is 1. The van der Waals surface area contributed by atoms with E-state index in [2.05, 4.69) is 4.72 Å². The molecule has 2 aromatic rings. The number of phenolic OH excluding ortho intramolecular Hbond substituents is 2. The van der Waals surface area contributed by atoms with Crippen LogP contribution in [0, 0.1) is 5.41 Å². The fourth-order valence-electron chi connectivity index (χ4n) is 2.45. The van der Waals surface area contributed by atoms with Gasteiger partial charge in [-0.1, -0.05) is 26.0 Å². The highest BCUT2D eigenvalue weighted by atomic mass is 32.2. The van der Waals surface area contributed by atoms with Gasteiger partial charge in [-0.25, -0.2) is 13.1 Å². The second kappa shape index (κ2) is 7.76. The zero-order valence-electron chi connectivity index (χ0n) is 14.7. The Balaban J connectivity index is 2.12. The zero-order valence-corrected chi connectivity index (χ0v) is 15.5. The monoisotopic (exact) mass is 377 g/mol. The molecule has 0 fully saturated rings. The number of nitrogens with one attached hydrogen (secondary N) is 2. The van der Waals surface area contributed by atoms with Crippen LogP contribution in [0.4, 0.5) is 0 Å². The highest BCUT2D eigenvalue weighted by Crippen LogP contribution is 2.25. The maximum atomic E-state index is 12.4. The Hall–Kier alpha value is -2.58. The highest BCUT2D eigenvalue weighted by molar-refractivity contribution is 7.89. The summed E-state index contributed by atoms with van der Waals surface area (Å²) in [5.74, 6) is -0.315. The Morgan fingerprint density at radius 2 is 1.85 bits per heavy atom. The average molecular weight is 377 g/mol. The molecule has 0 aliphatic rings. The van der Waals surface area contributed by atoms with E-state index in [1.165, 1.54) is 12.1 Å². The normalized spacial score (nSPS) is 11.7. The molecule has 0 spiro atoms. The van der Waals surface area contributed by atoms with Gasteiger partial charge in [0.25, 0.3) is 0 Å². The van der Waals surface area contributed by atoms with Crippen LogP contribution < -0.4 is 10.5 Å². The van der Waals surface area contributed by atoms with Crippen LogP contribution in [-0.2, 0) is 16.4 Å². The fourth-order valence-corrected chi connectivity index (χ4v) is 3.60. The van der Waals surface area contributed by atoms with E-state index < -0.39 is 15.8 Å². The molecule has 6 N–H and O–H groups in total. The molecule has 0 saturated heterocycles. The zero-order chi connectivity index (χ0) is 19.5. The van der Waals surface area contributed by atoms with Crippen LogP contribution in [0.2, 0.25) is 0 Å². The number of hydrogen-bond acceptors (Lipinski definition) is 5. The molecule has 2 aromatic carbocycles. The smallest absolute Gasteiger partial charge is 0.244 e. The third kappa shape index (κ3) is 4.53. The third-order valence-corrected chi connectivity index (χ3v) is 5.51. The summed E-state index contributed by atoms with van der Waals surface area (Å²) in [4.78, 5) is -0.343. The molecule has 0 radical (unpaired) electrons. The molecule has 0 saturated carbocycles. The van der Waals surface area contributed by atoms with E-state index in [1.807, 2.05) is 19.9 Å². The molecule has 140 valence electrons. The Morgan fingerprint density at radius 1 is 1.15 bits per heavy atom. The predicted octanol–water partition coefficient (Wildman–Crippen LogP) is 2.03. The SMILES string of the molecule is CC(C)c1ccc(CCNS(=O)(=O)c2cc(C(=N)N)ccc2O)c(O)c1. The van der Waals surface area contributed by atoms with E-state index >= 15 is 0 Å². The molecular weight excluding hydrogens is 354 g/mol. The fraction of sp³-hybridized carbons (Fsp3) is 0.278. The van der Waals surface area contributed by atoms with Crippen molar-refractivity contribution in [2.75, 3.05) is 6.54 Å². The number of amidine groups is 1. The minimum atomic E-state index is -3.99. The van der Waals surface area contributed by atoms with Crippen LogP contribution in [0.1, 0.15) is 36.5 Å². The van der Waals surface area contributed by atoms with Gasteiger partial charge in [0.1, 0.15) is 22.2 Å². The van der Waals surface area contributed by atoms with Crippen molar-refractivity contribution in [1.29, 1.82) is 5.41 Å². The molecule has 0 bridgehead atoms. The van der Waals surface area contributed by atoms with Crippen molar-refractivity contribution in [3.63, 3.8) is 0 Å². The topological polar surface area (TPSA) is 136 Å². The van der Waals surface area contributed by atoms with Gasteiger partial charge in [-0.3, -0.25) is 5.41 Å². The Bertz CT molecular complexity index is 924. The second-order valence-electron chi connectivity index (χ2n) is 6.29. The Kier molecular flexibility index (Phi) is 5.89. The van der Waals surface area contributed by atoms with Gasteiger partial charge < -0.3 is 15.9 Å². The van der Waals surface area contributed by atoms with Crippen LogP contribution in [-0.4, -0.2) is 31.0 Å². The van der Waals surface area contributed by atoms with E-state index in [1.54, 1.807) is 12.1 Å². The lowest BCUT2D eigenvalue weighted by Gasteiger charge is -2.12. The summed E-state index contributed by atoms with van der Waals surface area (Å²) < 4.78 is 27.2. The lowest BCUT2D eigenvalue weighted by atomic mass is 10.00. The first kappa shape index (κ1) is 19.7. The van der Waals surface area contributed by atoms with Gasteiger partial charge in [-0.2, -0.15) is 0 Å². The summed E-state index contributed by atoms with van der Waals surface area (Å²) in [5.41, 5.74) is 7.18. The quantitative estimate of drug-likeness (QED) is 0.371. The molecule has 0 atom stereocenters. The summed E-state index contributed by atoms with van der Waals surface area (Å²) in [6, 6.07) is 9.04.